The summed E-state index contributed by atoms with van der Waals surface area (Å²) in [4.78, 5) is 25.6. The summed E-state index contributed by atoms with van der Waals surface area (Å²) in [6, 6.07) is 12.7. The lowest BCUT2D eigenvalue weighted by Crippen LogP contribution is -2.36. The van der Waals surface area contributed by atoms with Gasteiger partial charge in [0.05, 0.1) is 7.11 Å². The van der Waals surface area contributed by atoms with E-state index in [1.165, 1.54) is 11.8 Å². The number of methoxy groups -OCH3 is 1. The first-order chi connectivity index (χ1) is 11.4. The van der Waals surface area contributed by atoms with E-state index in [-0.39, 0.29) is 18.4 Å². The van der Waals surface area contributed by atoms with Gasteiger partial charge in [-0.25, -0.2) is 0 Å². The Bertz CT molecular complexity index is 739. The molecule has 5 heteroatoms. The van der Waals surface area contributed by atoms with E-state index in [9.17, 15) is 9.59 Å². The van der Waals surface area contributed by atoms with E-state index in [1.807, 2.05) is 32.0 Å². The van der Waals surface area contributed by atoms with E-state index in [4.69, 9.17) is 4.74 Å². The van der Waals surface area contributed by atoms with Crippen LogP contribution in [0, 0.1) is 13.8 Å². The SMILES string of the molecule is COc1ccc(N(CC(=O)Nc2ccc(C)c(C)c2)C(C)=O)cc1. The number of benzene rings is 2. The number of amides is 2. The van der Waals surface area contributed by atoms with Gasteiger partial charge in [0, 0.05) is 18.3 Å². The zero-order valence-electron chi connectivity index (χ0n) is 14.4. The van der Waals surface area contributed by atoms with Gasteiger partial charge < -0.3 is 15.0 Å². The summed E-state index contributed by atoms with van der Waals surface area (Å²) < 4.78 is 5.11. The Morgan fingerprint density at radius 3 is 2.25 bits per heavy atom. The average Bonchev–Trinajstić information content (AvgIpc) is 2.56. The molecule has 2 rings (SSSR count). The molecule has 0 spiro atoms. The van der Waals surface area contributed by atoms with Crippen LogP contribution >= 0.6 is 0 Å². The van der Waals surface area contributed by atoms with Crippen molar-refractivity contribution in [2.75, 3.05) is 23.9 Å². The molecule has 0 saturated heterocycles. The number of carbonyl (C=O) groups is 2. The fourth-order valence-electron chi connectivity index (χ4n) is 2.31. The molecule has 0 aliphatic carbocycles. The van der Waals surface area contributed by atoms with Crippen molar-refractivity contribution in [3.63, 3.8) is 0 Å². The van der Waals surface area contributed by atoms with Gasteiger partial charge in [0.15, 0.2) is 0 Å². The summed E-state index contributed by atoms with van der Waals surface area (Å²) in [5.74, 6) is 0.251. The molecular weight excluding hydrogens is 304 g/mol. The summed E-state index contributed by atoms with van der Waals surface area (Å²) in [5, 5.41) is 2.83. The fourth-order valence-corrected chi connectivity index (χ4v) is 2.31. The number of nitrogens with zero attached hydrogens (tertiary/aromatic N) is 1. The molecule has 0 saturated carbocycles. The molecule has 0 fully saturated rings. The number of aryl methyl sites for hydroxylation is 2. The standard InChI is InChI=1S/C19H22N2O3/c1-13-5-6-16(11-14(13)2)20-19(23)12-21(15(3)22)17-7-9-18(24-4)10-8-17/h5-11H,12H2,1-4H3,(H,20,23). The Hall–Kier alpha value is -2.82. The molecular formula is C19H22N2O3. The molecule has 2 amide bonds. The van der Waals surface area contributed by atoms with Gasteiger partial charge in [0.2, 0.25) is 11.8 Å². The number of rotatable bonds is 5. The largest absolute Gasteiger partial charge is 0.497 e. The van der Waals surface area contributed by atoms with Crippen molar-refractivity contribution in [2.45, 2.75) is 20.8 Å². The molecule has 5 nitrogen and oxygen atoms in total. The molecule has 0 unspecified atom stereocenters. The number of hydrogen-bond donors (Lipinski definition) is 1. The molecule has 0 bridgehead atoms. The van der Waals surface area contributed by atoms with Crippen LogP contribution in [-0.4, -0.2) is 25.5 Å². The van der Waals surface area contributed by atoms with Crippen LogP contribution in [0.5, 0.6) is 5.75 Å². The predicted octanol–water partition coefficient (Wildman–Crippen LogP) is 3.30. The van der Waals surface area contributed by atoms with Crippen LogP contribution in [0.15, 0.2) is 42.5 Å². The van der Waals surface area contributed by atoms with Crippen LogP contribution in [-0.2, 0) is 9.59 Å². The maximum Gasteiger partial charge on any atom is 0.244 e. The van der Waals surface area contributed by atoms with Gasteiger partial charge in [0.1, 0.15) is 12.3 Å². The normalized spacial score (nSPS) is 10.2. The molecule has 0 atom stereocenters. The maximum atomic E-state index is 12.3. The summed E-state index contributed by atoms with van der Waals surface area (Å²) >= 11 is 0. The first kappa shape index (κ1) is 17.5. The van der Waals surface area contributed by atoms with E-state index in [0.717, 1.165) is 16.8 Å². The third kappa shape index (κ3) is 4.35. The number of carbonyl (C=O) groups excluding carboxylic acids is 2. The third-order valence-corrected chi connectivity index (χ3v) is 3.86. The topological polar surface area (TPSA) is 58.6 Å². The highest BCUT2D eigenvalue weighted by molar-refractivity contribution is 6.01. The summed E-state index contributed by atoms with van der Waals surface area (Å²) in [6.07, 6.45) is 0. The van der Waals surface area contributed by atoms with E-state index < -0.39 is 0 Å². The van der Waals surface area contributed by atoms with Crippen molar-refractivity contribution < 1.29 is 14.3 Å². The highest BCUT2D eigenvalue weighted by atomic mass is 16.5. The number of anilines is 2. The second-order valence-electron chi connectivity index (χ2n) is 5.65. The minimum atomic E-state index is -0.246. The lowest BCUT2D eigenvalue weighted by molar-refractivity contribution is -0.120. The van der Waals surface area contributed by atoms with Crippen LogP contribution in [0.25, 0.3) is 0 Å². The number of nitrogens with one attached hydrogen (secondary N) is 1. The van der Waals surface area contributed by atoms with Crippen LogP contribution < -0.4 is 15.0 Å². The van der Waals surface area contributed by atoms with Crippen molar-refractivity contribution in [3.05, 3.63) is 53.6 Å². The van der Waals surface area contributed by atoms with Gasteiger partial charge in [-0.1, -0.05) is 6.07 Å². The molecule has 2 aromatic carbocycles. The smallest absolute Gasteiger partial charge is 0.244 e. The van der Waals surface area contributed by atoms with Crippen molar-refractivity contribution in [1.29, 1.82) is 0 Å². The van der Waals surface area contributed by atoms with Gasteiger partial charge in [-0.3, -0.25) is 9.59 Å². The second-order valence-corrected chi connectivity index (χ2v) is 5.65. The lowest BCUT2D eigenvalue weighted by atomic mass is 10.1. The monoisotopic (exact) mass is 326 g/mol. The highest BCUT2D eigenvalue weighted by Gasteiger charge is 2.16. The third-order valence-electron chi connectivity index (χ3n) is 3.86. The van der Waals surface area contributed by atoms with Gasteiger partial charge in [-0.2, -0.15) is 0 Å². The van der Waals surface area contributed by atoms with Crippen molar-refractivity contribution in [2.24, 2.45) is 0 Å². The van der Waals surface area contributed by atoms with E-state index in [0.29, 0.717) is 11.4 Å². The quantitative estimate of drug-likeness (QED) is 0.917. The summed E-state index contributed by atoms with van der Waals surface area (Å²) in [6.45, 7) is 5.40. The van der Waals surface area contributed by atoms with Crippen LogP contribution in [0.4, 0.5) is 11.4 Å². The molecule has 0 aromatic heterocycles. The Labute approximate surface area is 142 Å². The minimum Gasteiger partial charge on any atom is -0.497 e. The highest BCUT2D eigenvalue weighted by Crippen LogP contribution is 2.20. The molecule has 2 aromatic rings. The Morgan fingerprint density at radius 2 is 1.71 bits per heavy atom. The zero-order valence-corrected chi connectivity index (χ0v) is 14.4. The molecule has 1 N–H and O–H groups in total. The van der Waals surface area contributed by atoms with E-state index in [2.05, 4.69) is 5.32 Å². The van der Waals surface area contributed by atoms with Crippen LogP contribution in [0.2, 0.25) is 0 Å². The molecule has 0 heterocycles. The minimum absolute atomic E-state index is 0.0470. The summed E-state index contributed by atoms with van der Waals surface area (Å²) in [7, 11) is 1.58. The molecule has 126 valence electrons. The van der Waals surface area contributed by atoms with Gasteiger partial charge in [-0.05, 0) is 61.4 Å². The first-order valence-corrected chi connectivity index (χ1v) is 7.70. The fraction of sp³-hybridized carbons (Fsp3) is 0.263. The Morgan fingerprint density at radius 1 is 1.04 bits per heavy atom. The average molecular weight is 326 g/mol. The molecule has 0 radical (unpaired) electrons. The number of hydrogen-bond acceptors (Lipinski definition) is 3. The van der Waals surface area contributed by atoms with Gasteiger partial charge >= 0.3 is 0 Å². The maximum absolute atomic E-state index is 12.3. The van der Waals surface area contributed by atoms with Gasteiger partial charge in [0.25, 0.3) is 0 Å². The van der Waals surface area contributed by atoms with Crippen molar-refractivity contribution >= 4 is 23.2 Å². The van der Waals surface area contributed by atoms with Crippen molar-refractivity contribution in [3.8, 4) is 5.75 Å². The van der Waals surface area contributed by atoms with Crippen molar-refractivity contribution in [1.82, 2.24) is 0 Å². The molecule has 0 aliphatic heterocycles. The van der Waals surface area contributed by atoms with Crippen LogP contribution in [0.3, 0.4) is 0 Å². The first-order valence-electron chi connectivity index (χ1n) is 7.70. The number of ether oxygens (including phenoxy) is 1. The lowest BCUT2D eigenvalue weighted by Gasteiger charge is -2.21. The van der Waals surface area contributed by atoms with Crippen LogP contribution in [0.1, 0.15) is 18.1 Å². The Balaban J connectivity index is 2.10. The van der Waals surface area contributed by atoms with E-state index >= 15 is 0 Å². The second kappa shape index (κ2) is 7.64. The zero-order chi connectivity index (χ0) is 17.7. The summed E-state index contributed by atoms with van der Waals surface area (Å²) in [5.41, 5.74) is 3.64. The molecule has 0 aliphatic rings. The Kier molecular flexibility index (Phi) is 5.58. The predicted molar refractivity (Wildman–Crippen MR) is 95.6 cm³/mol. The molecule has 24 heavy (non-hydrogen) atoms. The van der Waals surface area contributed by atoms with Gasteiger partial charge in [-0.15, -0.1) is 0 Å². The van der Waals surface area contributed by atoms with E-state index in [1.54, 1.807) is 31.4 Å².